The quantitative estimate of drug-likeness (QED) is 0.503. The van der Waals surface area contributed by atoms with E-state index in [1.165, 1.54) is 25.7 Å². The Morgan fingerprint density at radius 3 is 1.61 bits per heavy atom. The highest BCUT2D eigenvalue weighted by atomic mass is 16.4. The van der Waals surface area contributed by atoms with Gasteiger partial charge in [-0.2, -0.15) is 0 Å². The summed E-state index contributed by atoms with van der Waals surface area (Å²) in [4.78, 5) is 8.93. The Labute approximate surface area is 136 Å². The molecule has 0 spiro atoms. The van der Waals surface area contributed by atoms with Crippen molar-refractivity contribution in [2.45, 2.75) is 63.5 Å². The third-order valence-electron chi connectivity index (χ3n) is 4.40. The molecule has 7 heteroatoms. The summed E-state index contributed by atoms with van der Waals surface area (Å²) in [6.45, 7) is 0. The first kappa shape index (κ1) is 15.7. The highest BCUT2D eigenvalue weighted by molar-refractivity contribution is 5.93. The lowest BCUT2D eigenvalue weighted by Gasteiger charge is -2.07. The van der Waals surface area contributed by atoms with E-state index >= 15 is 0 Å². The first-order valence-corrected chi connectivity index (χ1v) is 8.49. The van der Waals surface area contributed by atoms with Crippen LogP contribution in [0.2, 0.25) is 0 Å². The Bertz CT molecular complexity index is 518. The topological polar surface area (TPSA) is 114 Å². The highest BCUT2D eigenvalue weighted by Gasteiger charge is 2.15. The molecule has 2 aliphatic carbocycles. The van der Waals surface area contributed by atoms with Crippen LogP contribution in [0.3, 0.4) is 0 Å². The molecule has 1 aromatic rings. The fraction of sp³-hybridized carbons (Fsp3) is 0.625. The van der Waals surface area contributed by atoms with Gasteiger partial charge in [-0.05, 0) is 25.7 Å². The second-order valence-electron chi connectivity index (χ2n) is 6.32. The van der Waals surface area contributed by atoms with Gasteiger partial charge in [-0.15, -0.1) is 0 Å². The molecule has 0 unspecified atom stereocenters. The van der Waals surface area contributed by atoms with Gasteiger partial charge in [0, 0.05) is 12.1 Å². The lowest BCUT2D eigenvalue weighted by atomic mass is 10.3. The van der Waals surface area contributed by atoms with Crippen molar-refractivity contribution in [1.82, 2.24) is 0 Å². The summed E-state index contributed by atoms with van der Waals surface area (Å²) in [7, 11) is 0. The Kier molecular flexibility index (Phi) is 5.05. The van der Waals surface area contributed by atoms with Crippen molar-refractivity contribution in [3.05, 3.63) is 12.1 Å². The van der Waals surface area contributed by atoms with Gasteiger partial charge in [-0.25, -0.2) is 9.98 Å². The molecule has 0 aromatic carbocycles. The Hall–Kier alpha value is -2.18. The number of nitrogens with two attached hydrogens (primary N) is 2. The molecule has 1 aromatic heterocycles. The van der Waals surface area contributed by atoms with E-state index in [9.17, 15) is 0 Å². The predicted octanol–water partition coefficient (Wildman–Crippen LogP) is 2.62. The average molecular weight is 318 g/mol. The molecule has 6 N–H and O–H groups in total. The first-order valence-electron chi connectivity index (χ1n) is 8.49. The third kappa shape index (κ3) is 4.64. The Balaban J connectivity index is 1.52. The summed E-state index contributed by atoms with van der Waals surface area (Å²) >= 11 is 0. The van der Waals surface area contributed by atoms with E-state index in [2.05, 4.69) is 20.6 Å². The third-order valence-corrected chi connectivity index (χ3v) is 4.40. The molecule has 1 heterocycles. The largest absolute Gasteiger partial charge is 0.425 e. The zero-order valence-electron chi connectivity index (χ0n) is 13.4. The van der Waals surface area contributed by atoms with Crippen molar-refractivity contribution in [3.8, 4) is 0 Å². The van der Waals surface area contributed by atoms with Crippen LogP contribution < -0.4 is 22.1 Å². The van der Waals surface area contributed by atoms with Gasteiger partial charge < -0.3 is 15.9 Å². The molecule has 2 saturated carbocycles. The van der Waals surface area contributed by atoms with Gasteiger partial charge in [0.15, 0.2) is 11.9 Å². The smallest absolute Gasteiger partial charge is 0.202 e. The van der Waals surface area contributed by atoms with Crippen molar-refractivity contribution >= 4 is 23.7 Å². The minimum absolute atomic E-state index is 0.337. The molecule has 126 valence electrons. The summed E-state index contributed by atoms with van der Waals surface area (Å²) in [5.74, 6) is 1.87. The molecule has 0 amide bonds. The van der Waals surface area contributed by atoms with Gasteiger partial charge >= 0.3 is 0 Å². The monoisotopic (exact) mass is 318 g/mol. The van der Waals surface area contributed by atoms with Crippen molar-refractivity contribution in [2.75, 3.05) is 10.6 Å². The van der Waals surface area contributed by atoms with Crippen molar-refractivity contribution in [1.29, 1.82) is 0 Å². The summed E-state index contributed by atoms with van der Waals surface area (Å²) in [6.07, 6.45) is 9.38. The fourth-order valence-electron chi connectivity index (χ4n) is 3.25. The molecular weight excluding hydrogens is 292 g/mol. The van der Waals surface area contributed by atoms with Crippen LogP contribution in [0.5, 0.6) is 0 Å². The maximum absolute atomic E-state index is 5.91. The van der Waals surface area contributed by atoms with Crippen LogP contribution in [0.4, 0.5) is 11.8 Å². The summed E-state index contributed by atoms with van der Waals surface area (Å²) in [6, 6.07) is 4.26. The summed E-state index contributed by atoms with van der Waals surface area (Å²) in [5.41, 5.74) is 11.8. The SMILES string of the molecule is NC(=NC1CCCC1)Nc1ccc(NC(N)=NC2CCCC2)o1. The molecule has 23 heavy (non-hydrogen) atoms. The lowest BCUT2D eigenvalue weighted by molar-refractivity contribution is 0.603. The second kappa shape index (κ2) is 7.39. The molecular formula is C16H26N6O. The van der Waals surface area contributed by atoms with Crippen LogP contribution in [0.25, 0.3) is 0 Å². The van der Waals surface area contributed by atoms with Gasteiger partial charge in [-0.1, -0.05) is 25.7 Å². The molecule has 0 aliphatic heterocycles. The maximum Gasteiger partial charge on any atom is 0.202 e. The minimum atomic E-state index is 0.337. The number of furan rings is 1. The van der Waals surface area contributed by atoms with Crippen molar-refractivity contribution in [3.63, 3.8) is 0 Å². The van der Waals surface area contributed by atoms with Crippen LogP contribution in [0.15, 0.2) is 26.5 Å². The second-order valence-corrected chi connectivity index (χ2v) is 6.32. The van der Waals surface area contributed by atoms with E-state index in [-0.39, 0.29) is 0 Å². The number of rotatable bonds is 4. The van der Waals surface area contributed by atoms with Gasteiger partial charge in [0.25, 0.3) is 0 Å². The molecule has 2 aliphatic rings. The van der Waals surface area contributed by atoms with Gasteiger partial charge in [0.2, 0.25) is 11.8 Å². The molecule has 0 atom stereocenters. The van der Waals surface area contributed by atoms with Crippen LogP contribution in [-0.4, -0.2) is 24.0 Å². The van der Waals surface area contributed by atoms with Gasteiger partial charge in [-0.3, -0.25) is 10.6 Å². The normalized spacial score (nSPS) is 21.0. The Morgan fingerprint density at radius 1 is 0.826 bits per heavy atom. The van der Waals surface area contributed by atoms with Crippen LogP contribution in [-0.2, 0) is 0 Å². The number of guanidine groups is 2. The lowest BCUT2D eigenvalue weighted by Crippen LogP contribution is -2.25. The van der Waals surface area contributed by atoms with E-state index in [1.54, 1.807) is 12.1 Å². The summed E-state index contributed by atoms with van der Waals surface area (Å²) in [5, 5.41) is 5.95. The minimum Gasteiger partial charge on any atom is -0.425 e. The zero-order valence-corrected chi connectivity index (χ0v) is 13.4. The van der Waals surface area contributed by atoms with Gasteiger partial charge in [0.1, 0.15) is 0 Å². The van der Waals surface area contributed by atoms with E-state index in [0.717, 1.165) is 25.7 Å². The number of aliphatic imine (C=N–C) groups is 2. The van der Waals surface area contributed by atoms with Crippen LogP contribution >= 0.6 is 0 Å². The molecule has 2 fully saturated rings. The number of nitrogens with one attached hydrogen (secondary N) is 2. The fourth-order valence-corrected chi connectivity index (χ4v) is 3.25. The first-order chi connectivity index (χ1) is 11.2. The van der Waals surface area contributed by atoms with E-state index in [4.69, 9.17) is 15.9 Å². The number of hydrogen-bond donors (Lipinski definition) is 4. The van der Waals surface area contributed by atoms with E-state index in [0.29, 0.717) is 35.8 Å². The van der Waals surface area contributed by atoms with E-state index in [1.807, 2.05) is 0 Å². The number of anilines is 2. The maximum atomic E-state index is 5.91. The number of hydrogen-bond acceptors (Lipinski definition) is 3. The summed E-state index contributed by atoms with van der Waals surface area (Å²) < 4.78 is 5.61. The zero-order chi connectivity index (χ0) is 16.1. The van der Waals surface area contributed by atoms with Crippen molar-refractivity contribution in [2.24, 2.45) is 21.5 Å². The van der Waals surface area contributed by atoms with E-state index < -0.39 is 0 Å². The van der Waals surface area contributed by atoms with Gasteiger partial charge in [0.05, 0.1) is 12.1 Å². The predicted molar refractivity (Wildman–Crippen MR) is 93.7 cm³/mol. The molecule has 7 nitrogen and oxygen atoms in total. The number of nitrogens with zero attached hydrogens (tertiary/aromatic N) is 2. The molecule has 3 rings (SSSR count). The highest BCUT2D eigenvalue weighted by Crippen LogP contribution is 2.23. The van der Waals surface area contributed by atoms with Crippen LogP contribution in [0.1, 0.15) is 51.4 Å². The van der Waals surface area contributed by atoms with Crippen molar-refractivity contribution < 1.29 is 4.42 Å². The molecule has 0 radical (unpaired) electrons. The van der Waals surface area contributed by atoms with Crippen LogP contribution in [0, 0.1) is 0 Å². The Morgan fingerprint density at radius 2 is 1.22 bits per heavy atom. The molecule has 0 saturated heterocycles. The molecule has 0 bridgehead atoms. The standard InChI is InChI=1S/C16H26N6O/c17-15(19-11-5-1-2-6-11)21-13-9-10-14(23-13)22-16(18)20-12-7-3-4-8-12/h9-12H,1-8H2,(H3,17,19,21)(H3,18,20,22). The average Bonchev–Trinajstić information content (AvgIpc) is 3.22.